The standard InChI is InChI=1S/C60H38N2O/c1-3-15-39(16-4-1)41-29-31-46(32-30-41)61(53-36-43-19-9-10-22-48(43)49-23-11-12-24-50(49)53)47-33-34-51-54(37-47)62(45-20-5-2-6-21-45)55-38-57-60(52-25-13-14-26-56(52)63-57)58(59(51)55)44-28-27-40-17-7-8-18-42(40)35-44/h1-38H. The van der Waals surface area contributed by atoms with Crippen LogP contribution in [0.15, 0.2) is 235 Å². The Hall–Kier alpha value is -8.40. The van der Waals surface area contributed by atoms with E-state index in [9.17, 15) is 0 Å². The van der Waals surface area contributed by atoms with Gasteiger partial charge >= 0.3 is 0 Å². The van der Waals surface area contributed by atoms with Crippen molar-refractivity contribution in [3.05, 3.63) is 231 Å². The van der Waals surface area contributed by atoms with E-state index in [1.807, 2.05) is 0 Å². The zero-order chi connectivity index (χ0) is 41.4. The van der Waals surface area contributed by atoms with Crippen LogP contribution in [-0.2, 0) is 0 Å². The smallest absolute Gasteiger partial charge is 0.138 e. The lowest BCUT2D eigenvalue weighted by Crippen LogP contribution is -2.11. The van der Waals surface area contributed by atoms with Crippen LogP contribution in [0.5, 0.6) is 0 Å². The van der Waals surface area contributed by atoms with Gasteiger partial charge in [-0.2, -0.15) is 0 Å². The molecule has 0 aliphatic heterocycles. The SMILES string of the molecule is c1ccc(-c2ccc(N(c3ccc4c5c(-c6ccc7ccccc7c6)c6c(cc5n(-c5ccccc5)c4c3)oc3ccccc36)c3cc4ccccc4c4ccccc34)cc2)cc1. The maximum atomic E-state index is 6.77. The Morgan fingerprint density at radius 3 is 1.76 bits per heavy atom. The molecule has 0 spiro atoms. The monoisotopic (exact) mass is 802 g/mol. The molecule has 3 heteroatoms. The number of hydrogen-bond donors (Lipinski definition) is 0. The summed E-state index contributed by atoms with van der Waals surface area (Å²) in [7, 11) is 0. The Labute approximate surface area is 363 Å². The van der Waals surface area contributed by atoms with Gasteiger partial charge in [0.2, 0.25) is 0 Å². The molecule has 13 aromatic rings. The predicted octanol–water partition coefficient (Wildman–Crippen LogP) is 16.9. The molecule has 0 bridgehead atoms. The lowest BCUT2D eigenvalue weighted by atomic mass is 9.92. The molecule has 0 radical (unpaired) electrons. The number of benzene rings is 11. The van der Waals surface area contributed by atoms with Crippen molar-refractivity contribution in [1.29, 1.82) is 0 Å². The zero-order valence-electron chi connectivity index (χ0n) is 34.2. The average Bonchev–Trinajstić information content (AvgIpc) is 3.89. The number of furan rings is 1. The fraction of sp³-hybridized carbons (Fsp3) is 0. The number of nitrogens with zero attached hydrogens (tertiary/aromatic N) is 2. The second-order valence-corrected chi connectivity index (χ2v) is 16.5. The van der Waals surface area contributed by atoms with Gasteiger partial charge in [0.1, 0.15) is 11.2 Å². The molecule has 0 atom stereocenters. The fourth-order valence-corrected chi connectivity index (χ4v) is 10.1. The number of para-hydroxylation sites is 2. The molecule has 0 aliphatic carbocycles. The minimum Gasteiger partial charge on any atom is -0.456 e. The first-order valence-electron chi connectivity index (χ1n) is 21.6. The molecule has 0 N–H and O–H groups in total. The number of fused-ring (bicyclic) bond motifs is 10. The lowest BCUT2D eigenvalue weighted by Gasteiger charge is -2.28. The third-order valence-corrected chi connectivity index (χ3v) is 12.9. The highest BCUT2D eigenvalue weighted by Crippen LogP contribution is 2.49. The second kappa shape index (κ2) is 14.1. The first kappa shape index (κ1) is 35.4. The Balaban J connectivity index is 1.14. The molecule has 11 aromatic carbocycles. The topological polar surface area (TPSA) is 21.3 Å². The van der Waals surface area contributed by atoms with Crippen LogP contribution in [0.4, 0.5) is 17.1 Å². The van der Waals surface area contributed by atoms with Crippen LogP contribution >= 0.6 is 0 Å². The van der Waals surface area contributed by atoms with Crippen LogP contribution in [0.3, 0.4) is 0 Å². The minimum absolute atomic E-state index is 0.870. The predicted molar refractivity (Wildman–Crippen MR) is 266 cm³/mol. The van der Waals surface area contributed by atoms with Crippen molar-refractivity contribution in [3.8, 4) is 27.9 Å². The summed E-state index contributed by atoms with van der Waals surface area (Å²) in [6.45, 7) is 0. The highest BCUT2D eigenvalue weighted by Gasteiger charge is 2.25. The summed E-state index contributed by atoms with van der Waals surface area (Å²) in [6.07, 6.45) is 0. The van der Waals surface area contributed by atoms with E-state index in [0.717, 1.165) is 61.3 Å². The van der Waals surface area contributed by atoms with E-state index in [1.165, 1.54) is 59.8 Å². The van der Waals surface area contributed by atoms with E-state index < -0.39 is 0 Å². The van der Waals surface area contributed by atoms with Crippen LogP contribution in [0.1, 0.15) is 0 Å². The molecule has 0 saturated carbocycles. The quantitative estimate of drug-likeness (QED) is 0.156. The van der Waals surface area contributed by atoms with E-state index in [2.05, 4.69) is 240 Å². The molecule has 0 unspecified atom stereocenters. The molecule has 2 heterocycles. The molecule has 0 amide bonds. The maximum absolute atomic E-state index is 6.77. The van der Waals surface area contributed by atoms with Gasteiger partial charge in [0.05, 0.1) is 16.7 Å². The van der Waals surface area contributed by atoms with Gasteiger partial charge in [-0.05, 0) is 98.2 Å². The fourth-order valence-electron chi connectivity index (χ4n) is 10.1. The Kier molecular flexibility index (Phi) is 7.91. The van der Waals surface area contributed by atoms with E-state index in [0.29, 0.717) is 0 Å². The molecule has 3 nitrogen and oxygen atoms in total. The largest absolute Gasteiger partial charge is 0.456 e. The van der Waals surface area contributed by atoms with E-state index in [1.54, 1.807) is 0 Å². The van der Waals surface area contributed by atoms with Crippen molar-refractivity contribution in [2.75, 3.05) is 4.90 Å². The summed E-state index contributed by atoms with van der Waals surface area (Å²) >= 11 is 0. The molecule has 0 aliphatic rings. The van der Waals surface area contributed by atoms with Gasteiger partial charge in [0.25, 0.3) is 0 Å². The molecular weight excluding hydrogens is 765 g/mol. The third kappa shape index (κ3) is 5.60. The van der Waals surface area contributed by atoms with Crippen LogP contribution in [0.25, 0.3) is 104 Å². The lowest BCUT2D eigenvalue weighted by molar-refractivity contribution is 0.669. The molecule has 63 heavy (non-hydrogen) atoms. The molecule has 13 rings (SSSR count). The number of anilines is 3. The van der Waals surface area contributed by atoms with Crippen molar-refractivity contribution < 1.29 is 4.42 Å². The van der Waals surface area contributed by atoms with Gasteiger partial charge in [0.15, 0.2) is 0 Å². The first-order chi connectivity index (χ1) is 31.2. The van der Waals surface area contributed by atoms with Gasteiger partial charge < -0.3 is 13.9 Å². The van der Waals surface area contributed by atoms with E-state index in [-0.39, 0.29) is 0 Å². The van der Waals surface area contributed by atoms with Crippen LogP contribution in [0, 0.1) is 0 Å². The van der Waals surface area contributed by atoms with Gasteiger partial charge in [-0.1, -0.05) is 170 Å². The minimum atomic E-state index is 0.870. The van der Waals surface area contributed by atoms with Crippen molar-refractivity contribution in [3.63, 3.8) is 0 Å². The number of hydrogen-bond acceptors (Lipinski definition) is 2. The van der Waals surface area contributed by atoms with Crippen molar-refractivity contribution in [2.24, 2.45) is 0 Å². The summed E-state index contributed by atoms with van der Waals surface area (Å²) in [5.41, 5.74) is 13.0. The summed E-state index contributed by atoms with van der Waals surface area (Å²) in [6, 6.07) is 83.6. The Morgan fingerprint density at radius 1 is 0.333 bits per heavy atom. The molecule has 294 valence electrons. The number of aromatic nitrogens is 1. The summed E-state index contributed by atoms with van der Waals surface area (Å²) in [5.74, 6) is 0. The Morgan fingerprint density at radius 2 is 0.952 bits per heavy atom. The van der Waals surface area contributed by atoms with Crippen LogP contribution < -0.4 is 4.90 Å². The van der Waals surface area contributed by atoms with Gasteiger partial charge in [-0.3, -0.25) is 0 Å². The number of rotatable bonds is 6. The zero-order valence-corrected chi connectivity index (χ0v) is 34.2. The molecule has 0 fully saturated rings. The van der Waals surface area contributed by atoms with E-state index >= 15 is 0 Å². The van der Waals surface area contributed by atoms with Crippen molar-refractivity contribution >= 4 is 93.1 Å². The molecule has 0 saturated heterocycles. The summed E-state index contributed by atoms with van der Waals surface area (Å²) in [4.78, 5) is 2.44. The van der Waals surface area contributed by atoms with Crippen molar-refractivity contribution in [1.82, 2.24) is 4.57 Å². The van der Waals surface area contributed by atoms with Gasteiger partial charge in [-0.15, -0.1) is 0 Å². The normalized spacial score (nSPS) is 11.8. The maximum Gasteiger partial charge on any atom is 0.138 e. The van der Waals surface area contributed by atoms with Gasteiger partial charge in [0, 0.05) is 55.6 Å². The second-order valence-electron chi connectivity index (χ2n) is 16.5. The third-order valence-electron chi connectivity index (χ3n) is 12.9. The first-order valence-corrected chi connectivity index (χ1v) is 21.6. The van der Waals surface area contributed by atoms with Crippen molar-refractivity contribution in [2.45, 2.75) is 0 Å². The molecular formula is C60H38N2O. The van der Waals surface area contributed by atoms with Crippen LogP contribution in [0.2, 0.25) is 0 Å². The molecule has 2 aromatic heterocycles. The summed E-state index contributed by atoms with van der Waals surface area (Å²) in [5, 5.41) is 11.9. The average molecular weight is 803 g/mol. The summed E-state index contributed by atoms with van der Waals surface area (Å²) < 4.78 is 9.20. The van der Waals surface area contributed by atoms with Crippen LogP contribution in [-0.4, -0.2) is 4.57 Å². The highest BCUT2D eigenvalue weighted by atomic mass is 16.3. The Bertz CT molecular complexity index is 3900. The van der Waals surface area contributed by atoms with E-state index in [4.69, 9.17) is 4.42 Å². The van der Waals surface area contributed by atoms with Gasteiger partial charge in [-0.25, -0.2) is 0 Å². The highest BCUT2D eigenvalue weighted by molar-refractivity contribution is 6.27.